The van der Waals surface area contributed by atoms with Gasteiger partial charge in [-0.25, -0.2) is 9.97 Å². The van der Waals surface area contributed by atoms with Crippen LogP contribution < -0.4 is 21.4 Å². The van der Waals surface area contributed by atoms with Crippen molar-refractivity contribution in [1.29, 1.82) is 0 Å². The molecule has 132 valence electrons. The zero-order valence-electron chi connectivity index (χ0n) is 13.9. The van der Waals surface area contributed by atoms with Crippen molar-refractivity contribution >= 4 is 42.0 Å². The van der Waals surface area contributed by atoms with E-state index >= 15 is 0 Å². The van der Waals surface area contributed by atoms with Gasteiger partial charge in [0, 0.05) is 17.9 Å². The Labute approximate surface area is 160 Å². The van der Waals surface area contributed by atoms with E-state index in [0.29, 0.717) is 25.6 Å². The highest BCUT2D eigenvalue weighted by Crippen LogP contribution is 2.14. The first-order chi connectivity index (χ1) is 12.4. The van der Waals surface area contributed by atoms with Gasteiger partial charge in [0.1, 0.15) is 11.0 Å². The molecule has 0 aliphatic rings. The molecule has 0 spiro atoms. The lowest BCUT2D eigenvalue weighted by molar-refractivity contribution is 0.604. The van der Waals surface area contributed by atoms with Gasteiger partial charge in [-0.2, -0.15) is 0 Å². The molecule has 9 heteroatoms. The van der Waals surface area contributed by atoms with Gasteiger partial charge < -0.3 is 15.0 Å². The molecule has 2 heterocycles. The number of nitrogen functional groups attached to an aromatic ring is 1. The molecular weight excluding hydrogens is 374 g/mol. The fraction of sp³-hybridized carbons (Fsp3) is 0.118. The summed E-state index contributed by atoms with van der Waals surface area (Å²) in [5.74, 6) is 1.14. The van der Waals surface area contributed by atoms with Crippen LogP contribution in [0.3, 0.4) is 0 Å². The van der Waals surface area contributed by atoms with Crippen molar-refractivity contribution in [2.24, 2.45) is 0 Å². The topological polar surface area (TPSA) is 83.0 Å². The summed E-state index contributed by atoms with van der Waals surface area (Å²) < 4.78 is 7.16. The van der Waals surface area contributed by atoms with E-state index in [1.54, 1.807) is 6.20 Å². The van der Waals surface area contributed by atoms with E-state index in [-0.39, 0.29) is 15.9 Å². The molecule has 3 rings (SSSR count). The highest BCUT2D eigenvalue weighted by molar-refractivity contribution is 6.49. The van der Waals surface area contributed by atoms with Crippen LogP contribution in [0.4, 0.5) is 5.82 Å². The minimum absolute atomic E-state index is 0.151. The molecule has 2 N–H and O–H groups in total. The summed E-state index contributed by atoms with van der Waals surface area (Å²) in [5.41, 5.74) is 8.22. The molecule has 0 radical (unpaired) electrons. The Kier molecular flexibility index (Phi) is 5.49. The molecule has 3 aromatic rings. The van der Waals surface area contributed by atoms with Gasteiger partial charge in [0.2, 0.25) is 0 Å². The Bertz CT molecular complexity index is 993. The average Bonchev–Trinajstić information content (AvgIpc) is 2.61. The first-order valence-corrected chi connectivity index (χ1v) is 8.53. The smallest absolute Gasteiger partial charge is 0.377 e. The number of hydrogen-bond acceptors (Lipinski definition) is 5. The van der Waals surface area contributed by atoms with Crippen molar-refractivity contribution in [3.63, 3.8) is 0 Å². The van der Waals surface area contributed by atoms with E-state index in [1.165, 1.54) is 10.8 Å². The molecule has 0 fully saturated rings. The molecule has 0 atom stereocenters. The number of pyridine rings is 1. The van der Waals surface area contributed by atoms with Gasteiger partial charge in [0.25, 0.3) is 5.56 Å². The SMILES string of the molecule is Cc1cnc(N)c(BOc2ccc(Cn3cc(Cl)nc(Cl)c3=O)cc2)c1. The second-order valence-electron chi connectivity index (χ2n) is 5.78. The zero-order valence-corrected chi connectivity index (χ0v) is 15.5. The minimum atomic E-state index is -0.390. The van der Waals surface area contributed by atoms with Gasteiger partial charge >= 0.3 is 7.48 Å². The monoisotopic (exact) mass is 388 g/mol. The molecule has 0 bridgehead atoms. The van der Waals surface area contributed by atoms with E-state index in [4.69, 9.17) is 33.6 Å². The van der Waals surface area contributed by atoms with Crippen molar-refractivity contribution in [3.05, 3.63) is 74.5 Å². The van der Waals surface area contributed by atoms with Crippen LogP contribution in [0.25, 0.3) is 0 Å². The van der Waals surface area contributed by atoms with Crippen LogP contribution >= 0.6 is 23.2 Å². The van der Waals surface area contributed by atoms with Gasteiger partial charge in [-0.1, -0.05) is 41.4 Å². The Morgan fingerprint density at radius 1 is 1.27 bits per heavy atom. The summed E-state index contributed by atoms with van der Waals surface area (Å²) in [4.78, 5) is 19.8. The van der Waals surface area contributed by atoms with Crippen molar-refractivity contribution in [2.45, 2.75) is 13.5 Å². The van der Waals surface area contributed by atoms with Crippen LogP contribution in [-0.2, 0) is 6.54 Å². The van der Waals surface area contributed by atoms with E-state index < -0.39 is 0 Å². The Morgan fingerprint density at radius 2 is 2.00 bits per heavy atom. The number of anilines is 1. The maximum atomic E-state index is 12.0. The molecule has 6 nitrogen and oxygen atoms in total. The second kappa shape index (κ2) is 7.80. The number of nitrogens with two attached hydrogens (primary N) is 1. The molecule has 26 heavy (non-hydrogen) atoms. The lowest BCUT2D eigenvalue weighted by Crippen LogP contribution is -2.25. The quantitative estimate of drug-likeness (QED) is 0.675. The third-order valence-corrected chi connectivity index (χ3v) is 4.14. The van der Waals surface area contributed by atoms with E-state index in [1.807, 2.05) is 37.3 Å². The van der Waals surface area contributed by atoms with Crippen molar-refractivity contribution in [3.8, 4) is 5.75 Å². The van der Waals surface area contributed by atoms with Crippen molar-refractivity contribution < 1.29 is 4.65 Å². The number of aromatic nitrogens is 3. The van der Waals surface area contributed by atoms with Gasteiger partial charge in [0.05, 0.1) is 12.3 Å². The van der Waals surface area contributed by atoms with Crippen LogP contribution in [0, 0.1) is 6.92 Å². The number of rotatable bonds is 5. The standard InChI is InChI=1S/C17H15BCl2N4O2/c1-10-6-13(16(21)22-7-10)18-26-12-4-2-11(3-5-12)8-24-9-14(19)23-15(20)17(24)25/h2-7,9,18H,8H2,1H3,(H2,21,22). The number of benzene rings is 1. The fourth-order valence-corrected chi connectivity index (χ4v) is 2.84. The Hall–Kier alpha value is -2.51. The van der Waals surface area contributed by atoms with Gasteiger partial charge in [-0.05, 0) is 30.2 Å². The lowest BCUT2D eigenvalue weighted by atomic mass is 9.87. The second-order valence-corrected chi connectivity index (χ2v) is 6.52. The van der Waals surface area contributed by atoms with Crippen molar-refractivity contribution in [1.82, 2.24) is 14.5 Å². The summed E-state index contributed by atoms with van der Waals surface area (Å²) >= 11 is 11.6. The summed E-state index contributed by atoms with van der Waals surface area (Å²) in [5, 5.41) is 0.0145. The number of hydrogen-bond donors (Lipinski definition) is 1. The molecule has 0 saturated carbocycles. The van der Waals surface area contributed by atoms with E-state index in [2.05, 4.69) is 9.97 Å². The third kappa shape index (κ3) is 4.36. The molecule has 0 aliphatic carbocycles. The van der Waals surface area contributed by atoms with Gasteiger partial charge in [-0.3, -0.25) is 4.79 Å². The first kappa shape index (κ1) is 18.3. The minimum Gasteiger partial charge on any atom is -0.559 e. The molecule has 0 saturated heterocycles. The van der Waals surface area contributed by atoms with Crippen LogP contribution in [0.5, 0.6) is 5.75 Å². The highest BCUT2D eigenvalue weighted by Gasteiger charge is 2.08. The molecule has 0 unspecified atom stereocenters. The van der Waals surface area contributed by atoms with Gasteiger partial charge in [-0.15, -0.1) is 0 Å². The summed E-state index contributed by atoms with van der Waals surface area (Å²) in [6, 6.07) is 9.32. The highest BCUT2D eigenvalue weighted by atomic mass is 35.5. The Balaban J connectivity index is 1.69. The summed E-state index contributed by atoms with van der Waals surface area (Å²) in [7, 11) is 0.328. The molecule has 0 aliphatic heterocycles. The predicted molar refractivity (Wildman–Crippen MR) is 105 cm³/mol. The average molecular weight is 389 g/mol. The predicted octanol–water partition coefficient (Wildman–Crippen LogP) is 1.94. The van der Waals surface area contributed by atoms with E-state index in [9.17, 15) is 4.79 Å². The van der Waals surface area contributed by atoms with Gasteiger partial charge in [0.15, 0.2) is 5.15 Å². The zero-order chi connectivity index (χ0) is 18.7. The number of nitrogens with zero attached hydrogens (tertiary/aromatic N) is 3. The summed E-state index contributed by atoms with van der Waals surface area (Å²) in [6.07, 6.45) is 3.17. The van der Waals surface area contributed by atoms with Crippen LogP contribution in [0.1, 0.15) is 11.1 Å². The van der Waals surface area contributed by atoms with Crippen LogP contribution in [0.15, 0.2) is 47.5 Å². The number of halogens is 2. The molecule has 1 aromatic carbocycles. The Morgan fingerprint density at radius 3 is 2.73 bits per heavy atom. The fourth-order valence-electron chi connectivity index (χ4n) is 2.40. The van der Waals surface area contributed by atoms with Crippen LogP contribution in [0.2, 0.25) is 10.3 Å². The maximum absolute atomic E-state index is 12.0. The van der Waals surface area contributed by atoms with Crippen LogP contribution in [-0.4, -0.2) is 22.0 Å². The van der Waals surface area contributed by atoms with Crippen molar-refractivity contribution in [2.75, 3.05) is 5.73 Å². The molecular formula is C17H15BCl2N4O2. The number of aryl methyl sites for hydroxylation is 1. The summed E-state index contributed by atoms with van der Waals surface area (Å²) in [6.45, 7) is 2.28. The largest absolute Gasteiger partial charge is 0.559 e. The first-order valence-electron chi connectivity index (χ1n) is 7.77. The third-order valence-electron chi connectivity index (χ3n) is 3.71. The lowest BCUT2D eigenvalue weighted by Gasteiger charge is -2.10. The normalized spacial score (nSPS) is 10.6. The molecule has 0 amide bonds. The molecule has 2 aromatic heterocycles. The maximum Gasteiger partial charge on any atom is 0.377 e. The van der Waals surface area contributed by atoms with E-state index in [0.717, 1.165) is 16.6 Å².